The van der Waals surface area contributed by atoms with Crippen LogP contribution in [0.2, 0.25) is 0 Å². The van der Waals surface area contributed by atoms with E-state index in [1.165, 1.54) is 55.2 Å². The van der Waals surface area contributed by atoms with Gasteiger partial charge in [-0.2, -0.15) is 0 Å². The minimum Gasteiger partial charge on any atom is -0.417 e. The zero-order valence-corrected chi connectivity index (χ0v) is 20.3. The Morgan fingerprint density at radius 1 is 0.536 bits per heavy atom. The van der Waals surface area contributed by atoms with E-state index in [9.17, 15) is 0 Å². The third-order valence-electron chi connectivity index (χ3n) is 4.83. The molecule has 0 saturated heterocycles. The van der Waals surface area contributed by atoms with Crippen LogP contribution in [0.25, 0.3) is 0 Å². The van der Waals surface area contributed by atoms with E-state index in [0.29, 0.717) is 0 Å². The molecule has 0 aromatic rings. The van der Waals surface area contributed by atoms with Crippen LogP contribution in [0.4, 0.5) is 0 Å². The maximum absolute atomic E-state index is 5.96. The van der Waals surface area contributed by atoms with E-state index in [2.05, 4.69) is 41.5 Å². The molecular formula is C24H45O3P. The number of unbranched alkanes of at least 4 members (excludes halogenated alkanes) is 3. The van der Waals surface area contributed by atoms with Gasteiger partial charge in [0, 0.05) is 0 Å². The lowest BCUT2D eigenvalue weighted by Crippen LogP contribution is -1.91. The Morgan fingerprint density at radius 3 is 1.04 bits per heavy atom. The van der Waals surface area contributed by atoms with Crippen LogP contribution < -0.4 is 0 Å². The summed E-state index contributed by atoms with van der Waals surface area (Å²) in [5, 5.41) is 0. The molecule has 164 valence electrons. The van der Waals surface area contributed by atoms with Gasteiger partial charge in [-0.25, -0.2) is 0 Å². The summed E-state index contributed by atoms with van der Waals surface area (Å²) in [5.41, 5.74) is 3.95. The molecule has 0 aliphatic heterocycles. The van der Waals surface area contributed by atoms with Crippen molar-refractivity contribution >= 4 is 8.60 Å². The zero-order valence-electron chi connectivity index (χ0n) is 19.4. The van der Waals surface area contributed by atoms with Crippen LogP contribution in [0.1, 0.15) is 119 Å². The lowest BCUT2D eigenvalue weighted by atomic mass is 10.1. The van der Waals surface area contributed by atoms with Gasteiger partial charge in [-0.1, -0.05) is 60.8 Å². The van der Waals surface area contributed by atoms with Gasteiger partial charge >= 0.3 is 8.60 Å². The lowest BCUT2D eigenvalue weighted by molar-refractivity contribution is 0.297. The van der Waals surface area contributed by atoms with Crippen LogP contribution in [0.5, 0.6) is 0 Å². The molecule has 0 atom stereocenters. The molecule has 0 aliphatic rings. The second-order valence-corrected chi connectivity index (χ2v) is 8.32. The average molecular weight is 413 g/mol. The molecule has 0 fully saturated rings. The molecule has 0 N–H and O–H groups in total. The van der Waals surface area contributed by atoms with Gasteiger partial charge in [-0.05, 0) is 74.5 Å². The summed E-state index contributed by atoms with van der Waals surface area (Å²) in [6.07, 6.45) is 19.0. The maximum Gasteiger partial charge on any atom is 0.528 e. The summed E-state index contributed by atoms with van der Waals surface area (Å²) in [6, 6.07) is 0. The van der Waals surface area contributed by atoms with Gasteiger partial charge in [-0.3, -0.25) is 0 Å². The predicted octanol–water partition coefficient (Wildman–Crippen LogP) is 9.72. The van der Waals surface area contributed by atoms with Crippen molar-refractivity contribution in [2.24, 2.45) is 0 Å². The predicted molar refractivity (Wildman–Crippen MR) is 124 cm³/mol. The van der Waals surface area contributed by atoms with E-state index in [1.807, 2.05) is 18.8 Å². The molecule has 0 aliphatic carbocycles. The Morgan fingerprint density at radius 2 is 0.821 bits per heavy atom. The van der Waals surface area contributed by atoms with Crippen molar-refractivity contribution in [1.29, 1.82) is 0 Å². The monoisotopic (exact) mass is 412 g/mol. The molecule has 0 rings (SSSR count). The quantitative estimate of drug-likeness (QED) is 0.166. The van der Waals surface area contributed by atoms with Gasteiger partial charge in [0.2, 0.25) is 0 Å². The molecule has 0 aromatic carbocycles. The SMILES string of the molecule is CCCCC(=COP(OC=C(CC)CCCC)OC=C(CC)CCCC)CC. The fourth-order valence-corrected chi connectivity index (χ4v) is 3.45. The van der Waals surface area contributed by atoms with Crippen LogP contribution in [-0.2, 0) is 13.6 Å². The van der Waals surface area contributed by atoms with Crippen molar-refractivity contribution in [3.63, 3.8) is 0 Å². The van der Waals surface area contributed by atoms with Gasteiger partial charge in [0.15, 0.2) is 0 Å². The average Bonchev–Trinajstić information content (AvgIpc) is 2.73. The molecular weight excluding hydrogens is 367 g/mol. The van der Waals surface area contributed by atoms with Gasteiger partial charge in [0.05, 0.1) is 18.8 Å². The Bertz CT molecular complexity index is 388. The molecule has 3 nitrogen and oxygen atoms in total. The molecule has 0 spiro atoms. The molecule has 0 aromatic heterocycles. The zero-order chi connectivity index (χ0) is 21.0. The van der Waals surface area contributed by atoms with Gasteiger partial charge in [-0.15, -0.1) is 0 Å². The number of hydrogen-bond donors (Lipinski definition) is 0. The largest absolute Gasteiger partial charge is 0.528 e. The number of allylic oxidation sites excluding steroid dienone is 3. The first kappa shape index (κ1) is 27.0. The van der Waals surface area contributed by atoms with Crippen LogP contribution in [-0.4, -0.2) is 0 Å². The molecule has 0 amide bonds. The fourth-order valence-electron chi connectivity index (χ4n) is 2.60. The first-order valence-corrected chi connectivity index (χ1v) is 12.6. The number of hydrogen-bond acceptors (Lipinski definition) is 3. The Labute approximate surface area is 176 Å². The van der Waals surface area contributed by atoms with Gasteiger partial charge < -0.3 is 13.6 Å². The Kier molecular flexibility index (Phi) is 18.7. The van der Waals surface area contributed by atoms with E-state index in [1.54, 1.807) is 0 Å². The summed E-state index contributed by atoms with van der Waals surface area (Å²) in [4.78, 5) is 0. The Balaban J connectivity index is 5.09. The number of rotatable bonds is 18. The van der Waals surface area contributed by atoms with Crippen molar-refractivity contribution < 1.29 is 13.6 Å². The molecule has 28 heavy (non-hydrogen) atoms. The van der Waals surface area contributed by atoms with Crippen molar-refractivity contribution in [3.05, 3.63) is 35.5 Å². The highest BCUT2D eigenvalue weighted by atomic mass is 31.2. The third kappa shape index (κ3) is 14.1. The highest BCUT2D eigenvalue weighted by Gasteiger charge is 2.14. The summed E-state index contributed by atoms with van der Waals surface area (Å²) < 4.78 is 17.9. The smallest absolute Gasteiger partial charge is 0.417 e. The van der Waals surface area contributed by atoms with Crippen LogP contribution in [0.15, 0.2) is 35.5 Å². The van der Waals surface area contributed by atoms with Crippen molar-refractivity contribution in [3.8, 4) is 0 Å². The van der Waals surface area contributed by atoms with Gasteiger partial charge in [0.25, 0.3) is 0 Å². The van der Waals surface area contributed by atoms with E-state index in [4.69, 9.17) is 13.6 Å². The van der Waals surface area contributed by atoms with Crippen LogP contribution in [0, 0.1) is 0 Å². The van der Waals surface area contributed by atoms with E-state index in [0.717, 1.165) is 38.5 Å². The molecule has 0 unspecified atom stereocenters. The highest BCUT2D eigenvalue weighted by molar-refractivity contribution is 7.42. The second kappa shape index (κ2) is 19.4. The first-order valence-electron chi connectivity index (χ1n) is 11.5. The topological polar surface area (TPSA) is 27.7 Å². The first-order chi connectivity index (χ1) is 13.6. The molecule has 0 heterocycles. The van der Waals surface area contributed by atoms with Crippen molar-refractivity contribution in [2.75, 3.05) is 0 Å². The van der Waals surface area contributed by atoms with Crippen LogP contribution >= 0.6 is 8.60 Å². The van der Waals surface area contributed by atoms with E-state index in [-0.39, 0.29) is 0 Å². The summed E-state index contributed by atoms with van der Waals surface area (Å²) in [7, 11) is -1.45. The third-order valence-corrected chi connectivity index (χ3v) is 5.67. The summed E-state index contributed by atoms with van der Waals surface area (Å²) in [5.74, 6) is 0. The van der Waals surface area contributed by atoms with Crippen molar-refractivity contribution in [2.45, 2.75) is 119 Å². The highest BCUT2D eigenvalue weighted by Crippen LogP contribution is 2.42. The minimum atomic E-state index is -1.45. The second-order valence-electron chi connectivity index (χ2n) is 7.24. The molecule has 0 radical (unpaired) electrons. The maximum atomic E-state index is 5.96. The van der Waals surface area contributed by atoms with E-state index >= 15 is 0 Å². The summed E-state index contributed by atoms with van der Waals surface area (Å²) in [6.45, 7) is 13.2. The standard InChI is InChI=1S/C24H45O3P/c1-7-13-16-22(10-4)19-25-28(26-20-23(11-5)17-14-8-2)27-21-24(12-6)18-15-9-3/h19-21H,7-18H2,1-6H3. The summed E-state index contributed by atoms with van der Waals surface area (Å²) >= 11 is 0. The fraction of sp³-hybridized carbons (Fsp3) is 0.750. The van der Waals surface area contributed by atoms with Crippen LogP contribution in [0.3, 0.4) is 0 Å². The lowest BCUT2D eigenvalue weighted by Gasteiger charge is -2.15. The van der Waals surface area contributed by atoms with Crippen molar-refractivity contribution in [1.82, 2.24) is 0 Å². The van der Waals surface area contributed by atoms with Gasteiger partial charge in [0.1, 0.15) is 0 Å². The molecule has 4 heteroatoms. The Hall–Kier alpha value is -0.950. The molecule has 0 bridgehead atoms. The van der Waals surface area contributed by atoms with E-state index < -0.39 is 8.60 Å². The molecule has 0 saturated carbocycles. The normalized spacial score (nSPS) is 14.1. The minimum absolute atomic E-state index is 1.00.